The number of nitrogens with zero attached hydrogens (tertiary/aromatic N) is 3. The summed E-state index contributed by atoms with van der Waals surface area (Å²) in [5, 5.41) is 11.2. The molecule has 0 aliphatic carbocycles. The molecule has 1 amide bonds. The van der Waals surface area contributed by atoms with Crippen molar-refractivity contribution in [1.82, 2.24) is 10.2 Å². The third kappa shape index (κ3) is 2.83. The molecule has 0 bridgehead atoms. The molecule has 2 aliphatic rings. The second kappa shape index (κ2) is 6.28. The summed E-state index contributed by atoms with van der Waals surface area (Å²) in [6, 6.07) is 17.0. The Kier molecular flexibility index (Phi) is 3.64. The first-order valence-corrected chi connectivity index (χ1v) is 8.68. The fraction of sp³-hybridized carbons (Fsp3) is 0.150. The molecule has 2 aliphatic heterocycles. The highest BCUT2D eigenvalue weighted by Gasteiger charge is 2.21. The zero-order chi connectivity index (χ0) is 18.2. The van der Waals surface area contributed by atoms with Gasteiger partial charge < -0.3 is 19.7 Å². The Hall–Kier alpha value is -3.61. The van der Waals surface area contributed by atoms with Crippen LogP contribution >= 0.6 is 0 Å². The minimum Gasteiger partial charge on any atom is -0.454 e. The Morgan fingerprint density at radius 3 is 2.78 bits per heavy atom. The molecule has 1 N–H and O–H groups in total. The average Bonchev–Trinajstić information content (AvgIpc) is 3.35. The number of benzene rings is 2. The predicted octanol–water partition coefficient (Wildman–Crippen LogP) is 3.15. The van der Waals surface area contributed by atoms with Crippen molar-refractivity contribution in [2.75, 3.05) is 23.6 Å². The first kappa shape index (κ1) is 15.6. The first-order chi connectivity index (χ1) is 13.3. The van der Waals surface area contributed by atoms with E-state index >= 15 is 0 Å². The summed E-state index contributed by atoms with van der Waals surface area (Å²) in [7, 11) is 0. The number of para-hydroxylation sites is 1. The van der Waals surface area contributed by atoms with Crippen LogP contribution in [0.2, 0.25) is 0 Å². The van der Waals surface area contributed by atoms with Gasteiger partial charge in [0.25, 0.3) is 5.91 Å². The smallest absolute Gasteiger partial charge is 0.257 e. The van der Waals surface area contributed by atoms with Gasteiger partial charge in [0.05, 0.1) is 0 Å². The third-order valence-corrected chi connectivity index (χ3v) is 4.69. The van der Waals surface area contributed by atoms with E-state index in [4.69, 9.17) is 9.47 Å². The molecule has 2 aromatic carbocycles. The normalized spacial score (nSPS) is 14.1. The molecular formula is C20H16N4O3. The van der Waals surface area contributed by atoms with Crippen molar-refractivity contribution in [3.63, 3.8) is 0 Å². The van der Waals surface area contributed by atoms with Gasteiger partial charge in [-0.3, -0.25) is 4.79 Å². The van der Waals surface area contributed by atoms with Gasteiger partial charge in [0.1, 0.15) is 0 Å². The lowest BCUT2D eigenvalue weighted by atomic mass is 10.2. The van der Waals surface area contributed by atoms with Gasteiger partial charge in [-0.15, -0.1) is 10.2 Å². The van der Waals surface area contributed by atoms with Gasteiger partial charge in [0.2, 0.25) is 6.79 Å². The van der Waals surface area contributed by atoms with Crippen LogP contribution in [0, 0.1) is 0 Å². The number of aromatic nitrogens is 2. The quantitative estimate of drug-likeness (QED) is 0.773. The van der Waals surface area contributed by atoms with E-state index in [1.54, 1.807) is 24.3 Å². The van der Waals surface area contributed by atoms with Crippen LogP contribution in [0.1, 0.15) is 15.9 Å². The van der Waals surface area contributed by atoms with Crippen LogP contribution < -0.4 is 19.7 Å². The molecule has 0 atom stereocenters. The Morgan fingerprint density at radius 2 is 1.89 bits per heavy atom. The highest BCUT2D eigenvalue weighted by Crippen LogP contribution is 2.34. The molecule has 27 heavy (non-hydrogen) atoms. The van der Waals surface area contributed by atoms with Crippen molar-refractivity contribution in [1.29, 1.82) is 0 Å². The van der Waals surface area contributed by atoms with Gasteiger partial charge in [0.15, 0.2) is 23.1 Å². The second-order valence-electron chi connectivity index (χ2n) is 6.33. The van der Waals surface area contributed by atoms with Crippen LogP contribution in [0.25, 0.3) is 0 Å². The van der Waals surface area contributed by atoms with Gasteiger partial charge in [-0.05, 0) is 48.4 Å². The van der Waals surface area contributed by atoms with E-state index in [2.05, 4.69) is 32.5 Å². The SMILES string of the molecule is O=C(Nc1ccc(N2CCc3ccccc32)nn1)c1ccc2c(c1)OCO2. The summed E-state index contributed by atoms with van der Waals surface area (Å²) in [6.45, 7) is 1.05. The van der Waals surface area contributed by atoms with Crippen molar-refractivity contribution in [3.05, 3.63) is 65.7 Å². The van der Waals surface area contributed by atoms with E-state index in [0.29, 0.717) is 22.9 Å². The van der Waals surface area contributed by atoms with E-state index in [1.165, 1.54) is 5.56 Å². The molecule has 0 spiro atoms. The maximum Gasteiger partial charge on any atom is 0.257 e. The standard InChI is InChI=1S/C20H16N4O3/c25-20(14-5-6-16-17(11-14)27-12-26-16)21-18-7-8-19(23-22-18)24-10-9-13-3-1-2-4-15(13)24/h1-8,11H,9-10,12H2,(H,21,22,25). The molecular weight excluding hydrogens is 344 g/mol. The lowest BCUT2D eigenvalue weighted by molar-refractivity contribution is 0.102. The van der Waals surface area contributed by atoms with E-state index < -0.39 is 0 Å². The fourth-order valence-electron chi connectivity index (χ4n) is 3.34. The number of amides is 1. The Bertz CT molecular complexity index is 1020. The van der Waals surface area contributed by atoms with Crippen LogP contribution in [0.15, 0.2) is 54.6 Å². The van der Waals surface area contributed by atoms with Gasteiger partial charge >= 0.3 is 0 Å². The number of anilines is 3. The first-order valence-electron chi connectivity index (χ1n) is 8.68. The monoisotopic (exact) mass is 360 g/mol. The minimum absolute atomic E-state index is 0.174. The number of rotatable bonds is 3. The lowest BCUT2D eigenvalue weighted by Gasteiger charge is -2.17. The molecule has 1 aromatic heterocycles. The number of hydrogen-bond acceptors (Lipinski definition) is 6. The molecule has 0 saturated carbocycles. The number of ether oxygens (including phenoxy) is 2. The highest BCUT2D eigenvalue weighted by molar-refractivity contribution is 6.04. The molecule has 0 fully saturated rings. The van der Waals surface area contributed by atoms with E-state index in [-0.39, 0.29) is 12.7 Å². The third-order valence-electron chi connectivity index (χ3n) is 4.69. The number of carbonyl (C=O) groups is 1. The highest BCUT2D eigenvalue weighted by atomic mass is 16.7. The fourth-order valence-corrected chi connectivity index (χ4v) is 3.34. The summed E-state index contributed by atoms with van der Waals surface area (Å²) in [4.78, 5) is 14.6. The van der Waals surface area contributed by atoms with E-state index in [0.717, 1.165) is 24.5 Å². The van der Waals surface area contributed by atoms with Crippen molar-refractivity contribution in [2.45, 2.75) is 6.42 Å². The maximum atomic E-state index is 12.4. The van der Waals surface area contributed by atoms with Crippen LogP contribution in [0.4, 0.5) is 17.3 Å². The van der Waals surface area contributed by atoms with E-state index in [1.807, 2.05) is 18.2 Å². The van der Waals surface area contributed by atoms with Gasteiger partial charge in [0, 0.05) is 17.8 Å². The minimum atomic E-state index is -0.276. The zero-order valence-corrected chi connectivity index (χ0v) is 14.4. The Balaban J connectivity index is 1.32. The largest absolute Gasteiger partial charge is 0.454 e. The molecule has 0 unspecified atom stereocenters. The summed E-state index contributed by atoms with van der Waals surface area (Å²) in [5.74, 6) is 2.09. The molecule has 3 aromatic rings. The van der Waals surface area contributed by atoms with E-state index in [9.17, 15) is 4.79 Å². The van der Waals surface area contributed by atoms with Crippen molar-refractivity contribution in [3.8, 4) is 11.5 Å². The predicted molar refractivity (Wildman–Crippen MR) is 99.7 cm³/mol. The summed E-state index contributed by atoms with van der Waals surface area (Å²) in [5.41, 5.74) is 2.93. The van der Waals surface area contributed by atoms with Crippen LogP contribution in [-0.4, -0.2) is 29.4 Å². The Labute approximate surface area is 155 Å². The molecule has 7 heteroatoms. The summed E-state index contributed by atoms with van der Waals surface area (Å²) in [6.07, 6.45) is 0.987. The average molecular weight is 360 g/mol. The Morgan fingerprint density at radius 1 is 1.00 bits per heavy atom. The van der Waals surface area contributed by atoms with Gasteiger partial charge in [-0.2, -0.15) is 0 Å². The molecule has 7 nitrogen and oxygen atoms in total. The van der Waals surface area contributed by atoms with Crippen molar-refractivity contribution < 1.29 is 14.3 Å². The molecule has 3 heterocycles. The number of carbonyl (C=O) groups excluding carboxylic acids is 1. The topological polar surface area (TPSA) is 76.6 Å². The van der Waals surface area contributed by atoms with Crippen LogP contribution in [0.3, 0.4) is 0 Å². The zero-order valence-electron chi connectivity index (χ0n) is 14.4. The summed E-state index contributed by atoms with van der Waals surface area (Å²) >= 11 is 0. The number of fused-ring (bicyclic) bond motifs is 2. The maximum absolute atomic E-state index is 12.4. The molecule has 0 saturated heterocycles. The van der Waals surface area contributed by atoms with Crippen LogP contribution in [0.5, 0.6) is 11.5 Å². The second-order valence-corrected chi connectivity index (χ2v) is 6.33. The van der Waals surface area contributed by atoms with Crippen LogP contribution in [-0.2, 0) is 6.42 Å². The lowest BCUT2D eigenvalue weighted by Crippen LogP contribution is -2.17. The van der Waals surface area contributed by atoms with Crippen molar-refractivity contribution in [2.24, 2.45) is 0 Å². The number of nitrogens with one attached hydrogen (secondary N) is 1. The van der Waals surface area contributed by atoms with Gasteiger partial charge in [-0.25, -0.2) is 0 Å². The number of hydrogen-bond donors (Lipinski definition) is 1. The van der Waals surface area contributed by atoms with Gasteiger partial charge in [-0.1, -0.05) is 18.2 Å². The molecule has 134 valence electrons. The molecule has 5 rings (SSSR count). The van der Waals surface area contributed by atoms with Crippen molar-refractivity contribution >= 4 is 23.2 Å². The molecule has 0 radical (unpaired) electrons. The summed E-state index contributed by atoms with van der Waals surface area (Å²) < 4.78 is 10.6.